The van der Waals surface area contributed by atoms with Crippen LogP contribution in [0.25, 0.3) is 0 Å². The molecule has 0 aromatic heterocycles. The second-order valence-corrected chi connectivity index (χ2v) is 4.72. The van der Waals surface area contributed by atoms with Gasteiger partial charge in [-0.15, -0.1) is 11.6 Å². The maximum absolute atomic E-state index is 4.64. The average Bonchev–Trinajstić information content (AvgIpc) is 1.46. The zero-order valence-electron chi connectivity index (χ0n) is 2.54. The van der Waals surface area contributed by atoms with Crippen LogP contribution in [-0.2, 0) is 0 Å². The van der Waals surface area contributed by atoms with E-state index in [4.69, 9.17) is 0 Å². The molecule has 0 fully saturated rings. The van der Waals surface area contributed by atoms with E-state index in [1.54, 1.807) is 0 Å². The molecule has 0 spiro atoms. The van der Waals surface area contributed by atoms with Gasteiger partial charge in [0, 0.05) is 36.0 Å². The number of halogens is 3. The first-order valence-corrected chi connectivity index (χ1v) is 5.94. The van der Waals surface area contributed by atoms with Crippen molar-refractivity contribution >= 4 is 49.9 Å². The first kappa shape index (κ1) is 9.78. The zero-order valence-corrected chi connectivity index (χ0v) is 7.29. The Balaban J connectivity index is 0. The van der Waals surface area contributed by atoms with Crippen molar-refractivity contribution in [3.05, 3.63) is 0 Å². The molecule has 4 heteroatoms. The molecule has 0 rings (SSSR count). The molecule has 0 atom stereocenters. The Kier molecular flexibility index (Phi) is 34.3. The van der Waals surface area contributed by atoms with Crippen LogP contribution in [0.1, 0.15) is 0 Å². The van der Waals surface area contributed by atoms with E-state index in [1.165, 1.54) is 15.0 Å². The summed E-state index contributed by atoms with van der Waals surface area (Å²) in [6.45, 7) is 0. The van der Waals surface area contributed by atoms with Crippen LogP contribution in [0.3, 0.4) is 0 Å². The highest BCUT2D eigenvalue weighted by Gasteiger charge is 1.41. The van der Waals surface area contributed by atoms with Crippen molar-refractivity contribution in [1.82, 2.24) is 0 Å². The van der Waals surface area contributed by atoms with Crippen molar-refractivity contribution in [1.29, 1.82) is 0 Å². The Morgan fingerprint density at radius 2 is 1.40 bits per heavy atom. The maximum atomic E-state index is 4.64. The minimum absolute atomic E-state index is 1.38. The number of rotatable bonds is 0. The third-order valence-corrected chi connectivity index (χ3v) is 0. The minimum atomic E-state index is 1.38. The van der Waals surface area contributed by atoms with E-state index >= 15 is 0 Å². The molecule has 0 N–H and O–H groups in total. The molecule has 0 unspecified atom stereocenters. The lowest BCUT2D eigenvalue weighted by atomic mass is 12.0. The normalized spacial score (nSPS) is 4.80. The van der Waals surface area contributed by atoms with E-state index in [-0.39, 0.29) is 0 Å². The minimum Gasteiger partial charge on any atom is -0.130 e. The van der Waals surface area contributed by atoms with Crippen molar-refractivity contribution in [3.8, 4) is 0 Å². The molecule has 0 aliphatic heterocycles. The Labute approximate surface area is 56.1 Å². The quantitative estimate of drug-likeness (QED) is 0.588. The van der Waals surface area contributed by atoms with Gasteiger partial charge in [-0.2, -0.15) is 0 Å². The van der Waals surface area contributed by atoms with Gasteiger partial charge in [0.2, 0.25) is 0 Å². The Morgan fingerprint density at radius 3 is 1.40 bits per heavy atom. The van der Waals surface area contributed by atoms with Gasteiger partial charge in [-0.05, 0) is 8.63 Å². The molecule has 0 amide bonds. The predicted octanol–water partition coefficient (Wildman–Crippen LogP) is 3.19. The van der Waals surface area contributed by atoms with E-state index in [0.717, 1.165) is 0 Å². The van der Waals surface area contributed by atoms with Crippen molar-refractivity contribution in [2.45, 2.75) is 0 Å². The molecule has 0 aromatic carbocycles. The molecule has 0 saturated heterocycles. The molecule has 0 nitrogen and oxygen atoms in total. The van der Waals surface area contributed by atoms with Crippen LogP contribution >= 0.6 is 49.9 Å². The third-order valence-electron chi connectivity index (χ3n) is 0. The van der Waals surface area contributed by atoms with Gasteiger partial charge in [0.05, 0.1) is 0 Å². The second-order valence-electron chi connectivity index (χ2n) is 0.0583. The fourth-order valence-electron chi connectivity index (χ4n) is 0. The fourth-order valence-corrected chi connectivity index (χ4v) is 0. The van der Waals surface area contributed by atoms with Crippen molar-refractivity contribution in [2.75, 3.05) is 6.38 Å². The van der Waals surface area contributed by atoms with Gasteiger partial charge >= 0.3 is 0 Å². The predicted molar refractivity (Wildman–Crippen MR) is 37.2 cm³/mol. The van der Waals surface area contributed by atoms with Crippen molar-refractivity contribution < 1.29 is 0 Å². The summed E-state index contributed by atoms with van der Waals surface area (Å²) in [7, 11) is 1.38. The number of hydrogen-bond acceptors (Lipinski definition) is 1. The van der Waals surface area contributed by atoms with E-state index in [9.17, 15) is 0 Å². The summed E-state index contributed by atoms with van der Waals surface area (Å²) >= 11 is 10.6. The van der Waals surface area contributed by atoms with Crippen LogP contribution in [0.2, 0.25) is 0 Å². The van der Waals surface area contributed by atoms with Crippen LogP contribution in [0.5, 0.6) is 0 Å². The Hall–Kier alpha value is 1.60. The van der Waals surface area contributed by atoms with E-state index in [2.05, 4.69) is 41.2 Å². The van der Waals surface area contributed by atoms with E-state index in [0.29, 0.717) is 0 Å². The summed E-state index contributed by atoms with van der Waals surface area (Å²) in [4.78, 5) is 0. The number of alkyl halides is 1. The lowest BCUT2D eigenvalue weighted by molar-refractivity contribution is 2.46. The molecule has 0 aromatic rings. The van der Waals surface area contributed by atoms with Gasteiger partial charge < -0.3 is 0 Å². The highest BCUT2D eigenvalue weighted by molar-refractivity contribution is 9.82. The zero-order chi connectivity index (χ0) is 4.71. The summed E-state index contributed by atoms with van der Waals surface area (Å²) in [6, 6.07) is 0. The topological polar surface area (TPSA) is 0 Å². The standard InChI is InChI=1S/CH3Cl.Br2S/c1-2;1-3-2/h1H3;. The summed E-state index contributed by atoms with van der Waals surface area (Å²) in [5.41, 5.74) is 0. The average molecular weight is 242 g/mol. The van der Waals surface area contributed by atoms with Gasteiger partial charge in [0.15, 0.2) is 0 Å². The third kappa shape index (κ3) is 28.3. The monoisotopic (exact) mass is 240 g/mol. The Bertz CT molecular complexity index is 9.61. The second kappa shape index (κ2) is 17.5. The van der Waals surface area contributed by atoms with E-state index in [1.807, 2.05) is 0 Å². The van der Waals surface area contributed by atoms with Gasteiger partial charge in [-0.25, -0.2) is 0 Å². The summed E-state index contributed by atoms with van der Waals surface area (Å²) in [5, 5.41) is 0. The van der Waals surface area contributed by atoms with Crippen molar-refractivity contribution in [2.24, 2.45) is 0 Å². The lowest BCUT2D eigenvalue weighted by Crippen LogP contribution is -0.852. The number of hydrogen-bond donors (Lipinski definition) is 0. The van der Waals surface area contributed by atoms with Crippen LogP contribution < -0.4 is 0 Å². The lowest BCUT2D eigenvalue weighted by Gasteiger charge is -1.41. The Morgan fingerprint density at radius 1 is 1.40 bits per heavy atom. The van der Waals surface area contributed by atoms with Crippen LogP contribution in [-0.4, -0.2) is 6.38 Å². The molecule has 0 heterocycles. The summed E-state index contributed by atoms with van der Waals surface area (Å²) in [5.74, 6) is 0. The smallest absolute Gasteiger partial charge is 0.0108 e. The van der Waals surface area contributed by atoms with E-state index < -0.39 is 0 Å². The fraction of sp³-hybridized carbons (Fsp3) is 1.00. The molecule has 0 radical (unpaired) electrons. The summed E-state index contributed by atoms with van der Waals surface area (Å²) < 4.78 is 0. The first-order chi connectivity index (χ1) is 2.41. The van der Waals surface area contributed by atoms with Crippen molar-refractivity contribution in [3.63, 3.8) is 0 Å². The highest BCUT2D eigenvalue weighted by atomic mass is 79.9. The molecular formula is CH3Br2ClS. The van der Waals surface area contributed by atoms with Gasteiger partial charge in [0.25, 0.3) is 0 Å². The highest BCUT2D eigenvalue weighted by Crippen LogP contribution is 2.17. The molecular weight excluding hydrogens is 239 g/mol. The maximum Gasteiger partial charge on any atom is 0.0108 e. The molecule has 34 valence electrons. The largest absolute Gasteiger partial charge is 0.130 e. The summed E-state index contributed by atoms with van der Waals surface area (Å²) in [6.07, 6.45) is 1.47. The first-order valence-electron chi connectivity index (χ1n) is 0.687. The van der Waals surface area contributed by atoms with Crippen LogP contribution in [0.15, 0.2) is 0 Å². The van der Waals surface area contributed by atoms with Gasteiger partial charge in [0.1, 0.15) is 0 Å². The molecule has 0 bridgehead atoms. The molecule has 0 aliphatic rings. The molecule has 0 saturated carbocycles. The van der Waals surface area contributed by atoms with Crippen LogP contribution in [0.4, 0.5) is 0 Å². The molecule has 0 aliphatic carbocycles. The van der Waals surface area contributed by atoms with Gasteiger partial charge in [-0.1, -0.05) is 0 Å². The molecule has 5 heavy (non-hydrogen) atoms. The van der Waals surface area contributed by atoms with Gasteiger partial charge in [-0.3, -0.25) is 0 Å². The SMILES string of the molecule is BrSBr.CCl. The van der Waals surface area contributed by atoms with Crippen LogP contribution in [0, 0.1) is 0 Å².